The SMILES string of the molecule is COC(=O)[C@@]1(CCC2CCN(C(=O)O)CC2)C=C[C@@H](n2c(C)ccc2C)C1. The predicted octanol–water partition coefficient (Wildman–Crippen LogP) is 3.94. The van der Waals surface area contributed by atoms with E-state index in [1.165, 1.54) is 23.4 Å². The molecule has 0 aromatic carbocycles. The Balaban J connectivity index is 1.66. The van der Waals surface area contributed by atoms with Gasteiger partial charge in [0.05, 0.1) is 18.6 Å². The Bertz CT molecular complexity index is 711. The lowest BCUT2D eigenvalue weighted by Gasteiger charge is -2.33. The minimum Gasteiger partial charge on any atom is -0.468 e. The van der Waals surface area contributed by atoms with E-state index in [1.54, 1.807) is 0 Å². The van der Waals surface area contributed by atoms with E-state index in [0.717, 1.165) is 32.1 Å². The van der Waals surface area contributed by atoms with Gasteiger partial charge in [-0.3, -0.25) is 4.79 Å². The molecule has 3 rings (SSSR count). The van der Waals surface area contributed by atoms with Crippen molar-refractivity contribution < 1.29 is 19.4 Å². The number of aromatic nitrogens is 1. The molecule has 0 spiro atoms. The average Bonchev–Trinajstić information content (AvgIpc) is 3.23. The molecule has 1 amide bonds. The van der Waals surface area contributed by atoms with Gasteiger partial charge in [-0.1, -0.05) is 12.2 Å². The molecule has 1 N–H and O–H groups in total. The van der Waals surface area contributed by atoms with E-state index in [1.807, 2.05) is 0 Å². The fraction of sp³-hybridized carbons (Fsp3) is 0.619. The second-order valence-electron chi connectivity index (χ2n) is 8.02. The highest BCUT2D eigenvalue weighted by molar-refractivity contribution is 5.80. The number of esters is 1. The number of hydrogen-bond acceptors (Lipinski definition) is 3. The Hall–Kier alpha value is -2.24. The smallest absolute Gasteiger partial charge is 0.407 e. The molecule has 2 atom stereocenters. The molecule has 2 aliphatic rings. The van der Waals surface area contributed by atoms with Crippen molar-refractivity contribution in [3.63, 3.8) is 0 Å². The number of carbonyl (C=O) groups is 2. The molecule has 1 aliphatic carbocycles. The van der Waals surface area contributed by atoms with E-state index in [-0.39, 0.29) is 12.0 Å². The van der Waals surface area contributed by atoms with Crippen LogP contribution < -0.4 is 0 Å². The van der Waals surface area contributed by atoms with Crippen LogP contribution in [0.25, 0.3) is 0 Å². The largest absolute Gasteiger partial charge is 0.468 e. The van der Waals surface area contributed by atoms with Crippen LogP contribution in [0.4, 0.5) is 4.79 Å². The van der Waals surface area contributed by atoms with Crippen LogP contribution in [0.3, 0.4) is 0 Å². The molecule has 1 aliphatic heterocycles. The molecular weight excluding hydrogens is 344 g/mol. The lowest BCUT2D eigenvalue weighted by molar-refractivity contribution is -0.150. The van der Waals surface area contributed by atoms with Crippen LogP contribution in [-0.2, 0) is 9.53 Å². The third-order valence-electron chi connectivity index (χ3n) is 6.34. The lowest BCUT2D eigenvalue weighted by Crippen LogP contribution is -2.38. The van der Waals surface area contributed by atoms with Gasteiger partial charge < -0.3 is 19.3 Å². The van der Waals surface area contributed by atoms with Gasteiger partial charge in [0.25, 0.3) is 0 Å². The van der Waals surface area contributed by atoms with Crippen LogP contribution in [0, 0.1) is 25.2 Å². The number of piperidine rings is 1. The Morgan fingerprint density at radius 2 is 1.85 bits per heavy atom. The summed E-state index contributed by atoms with van der Waals surface area (Å²) in [7, 11) is 1.46. The first-order chi connectivity index (χ1) is 12.9. The van der Waals surface area contributed by atoms with Crippen molar-refractivity contribution >= 4 is 12.1 Å². The van der Waals surface area contributed by atoms with Crippen molar-refractivity contribution in [1.82, 2.24) is 9.47 Å². The summed E-state index contributed by atoms with van der Waals surface area (Å²) < 4.78 is 7.45. The summed E-state index contributed by atoms with van der Waals surface area (Å²) in [5.74, 6) is 0.302. The first-order valence-corrected chi connectivity index (χ1v) is 9.76. The zero-order valence-corrected chi connectivity index (χ0v) is 16.5. The summed E-state index contributed by atoms with van der Waals surface area (Å²) in [4.78, 5) is 25.2. The second kappa shape index (κ2) is 7.79. The fourth-order valence-corrected chi connectivity index (χ4v) is 4.70. The quantitative estimate of drug-likeness (QED) is 0.626. The highest BCUT2D eigenvalue weighted by atomic mass is 16.5. The van der Waals surface area contributed by atoms with Crippen LogP contribution >= 0.6 is 0 Å². The molecule has 0 radical (unpaired) electrons. The third kappa shape index (κ3) is 3.89. The van der Waals surface area contributed by atoms with Gasteiger partial charge in [0, 0.05) is 24.5 Å². The lowest BCUT2D eigenvalue weighted by atomic mass is 9.78. The van der Waals surface area contributed by atoms with Crippen molar-refractivity contribution in [2.75, 3.05) is 20.2 Å². The highest BCUT2D eigenvalue weighted by Crippen LogP contribution is 2.45. The summed E-state index contributed by atoms with van der Waals surface area (Å²) in [6.07, 6.45) is 7.49. The molecule has 1 aromatic rings. The summed E-state index contributed by atoms with van der Waals surface area (Å²) in [5, 5.41) is 9.09. The second-order valence-corrected chi connectivity index (χ2v) is 8.02. The molecule has 6 nitrogen and oxygen atoms in total. The number of nitrogens with zero attached hydrogens (tertiary/aromatic N) is 2. The highest BCUT2D eigenvalue weighted by Gasteiger charge is 2.43. The topological polar surface area (TPSA) is 71.8 Å². The molecule has 148 valence electrons. The van der Waals surface area contributed by atoms with Crippen molar-refractivity contribution in [2.45, 2.75) is 52.0 Å². The minimum atomic E-state index is -0.835. The van der Waals surface area contributed by atoms with Crippen LogP contribution in [0.15, 0.2) is 24.3 Å². The zero-order valence-electron chi connectivity index (χ0n) is 16.5. The normalized spacial score (nSPS) is 25.7. The Morgan fingerprint density at radius 3 is 2.41 bits per heavy atom. The summed E-state index contributed by atoms with van der Waals surface area (Å²) in [6, 6.07) is 4.39. The van der Waals surface area contributed by atoms with Gasteiger partial charge in [0.2, 0.25) is 0 Å². The van der Waals surface area contributed by atoms with Gasteiger partial charge >= 0.3 is 12.1 Å². The average molecular weight is 374 g/mol. The van der Waals surface area contributed by atoms with Crippen molar-refractivity contribution in [2.24, 2.45) is 11.3 Å². The van der Waals surface area contributed by atoms with E-state index in [9.17, 15) is 9.59 Å². The standard InChI is InChI=1S/C21H30N2O4/c1-15-4-5-16(2)23(15)18-7-11-21(14-18,19(24)27-3)10-6-17-8-12-22(13-9-17)20(25)26/h4-5,7,11,17-18H,6,8-10,12-14H2,1-3H3,(H,25,26)/t18-,21+/m1/s1. The maximum absolute atomic E-state index is 12.7. The maximum Gasteiger partial charge on any atom is 0.407 e. The molecule has 0 saturated carbocycles. The summed E-state index contributed by atoms with van der Waals surface area (Å²) in [6.45, 7) is 5.36. The molecule has 0 bridgehead atoms. The van der Waals surface area contributed by atoms with Crippen LogP contribution in [0.1, 0.15) is 49.5 Å². The predicted molar refractivity (Wildman–Crippen MR) is 103 cm³/mol. The molecule has 6 heteroatoms. The molecule has 1 aromatic heterocycles. The van der Waals surface area contributed by atoms with Crippen molar-refractivity contribution in [3.8, 4) is 0 Å². The zero-order chi connectivity index (χ0) is 19.6. The van der Waals surface area contributed by atoms with Crippen molar-refractivity contribution in [3.05, 3.63) is 35.7 Å². The van der Waals surface area contributed by atoms with Gasteiger partial charge in [0.1, 0.15) is 0 Å². The Kier molecular flexibility index (Phi) is 5.63. The molecule has 2 heterocycles. The molecule has 1 saturated heterocycles. The van der Waals surface area contributed by atoms with Gasteiger partial charge in [-0.05, 0) is 64.0 Å². The van der Waals surface area contributed by atoms with E-state index in [4.69, 9.17) is 9.84 Å². The number of carbonyl (C=O) groups excluding carboxylic acids is 1. The number of hydrogen-bond donors (Lipinski definition) is 1. The van der Waals surface area contributed by atoms with Gasteiger partial charge in [-0.25, -0.2) is 4.79 Å². The summed E-state index contributed by atoms with van der Waals surface area (Å²) in [5.41, 5.74) is 1.82. The number of rotatable bonds is 5. The number of carboxylic acid groups (broad SMARTS) is 1. The van der Waals surface area contributed by atoms with Crippen LogP contribution in [-0.4, -0.2) is 46.8 Å². The number of amides is 1. The molecule has 27 heavy (non-hydrogen) atoms. The van der Waals surface area contributed by atoms with E-state index >= 15 is 0 Å². The Labute approximate surface area is 160 Å². The van der Waals surface area contributed by atoms with E-state index in [0.29, 0.717) is 19.0 Å². The summed E-state index contributed by atoms with van der Waals surface area (Å²) >= 11 is 0. The molecule has 1 fully saturated rings. The van der Waals surface area contributed by atoms with Gasteiger partial charge in [-0.2, -0.15) is 0 Å². The first kappa shape index (κ1) is 19.5. The fourth-order valence-electron chi connectivity index (χ4n) is 4.70. The number of methoxy groups -OCH3 is 1. The number of aryl methyl sites for hydroxylation is 2. The molecule has 0 unspecified atom stereocenters. The van der Waals surface area contributed by atoms with Gasteiger partial charge in [0.15, 0.2) is 0 Å². The van der Waals surface area contributed by atoms with Crippen molar-refractivity contribution in [1.29, 1.82) is 0 Å². The van der Waals surface area contributed by atoms with E-state index < -0.39 is 11.5 Å². The van der Waals surface area contributed by atoms with Gasteiger partial charge in [-0.15, -0.1) is 0 Å². The first-order valence-electron chi connectivity index (χ1n) is 9.76. The third-order valence-corrected chi connectivity index (χ3v) is 6.34. The number of likely N-dealkylation sites (tertiary alicyclic amines) is 1. The Morgan fingerprint density at radius 1 is 1.22 bits per heavy atom. The minimum absolute atomic E-state index is 0.160. The van der Waals surface area contributed by atoms with E-state index in [2.05, 4.69) is 42.7 Å². The van der Waals surface area contributed by atoms with Crippen LogP contribution in [0.2, 0.25) is 0 Å². The number of allylic oxidation sites excluding steroid dienone is 1. The number of ether oxygens (including phenoxy) is 1. The maximum atomic E-state index is 12.7. The van der Waals surface area contributed by atoms with Crippen LogP contribution in [0.5, 0.6) is 0 Å². The molecular formula is C21H30N2O4. The monoisotopic (exact) mass is 374 g/mol.